The number of carbonyl (C=O) groups excluding carboxylic acids is 1. The number of allylic oxidation sites excluding steroid dienone is 2. The van der Waals surface area contributed by atoms with Crippen molar-refractivity contribution < 1.29 is 14.3 Å². The van der Waals surface area contributed by atoms with E-state index >= 15 is 0 Å². The van der Waals surface area contributed by atoms with E-state index in [4.69, 9.17) is 9.47 Å². The SMILES string of the molecule is C=C/C(=C(\OC)C(=O)C(c1nccn1C)N(C)c1cccc(OC)c1)c1ccccc1. The Morgan fingerprint density at radius 3 is 2.48 bits per heavy atom. The van der Waals surface area contributed by atoms with E-state index < -0.39 is 6.04 Å². The molecule has 1 aromatic heterocycles. The zero-order valence-corrected chi connectivity index (χ0v) is 18.3. The van der Waals surface area contributed by atoms with Crippen LogP contribution in [-0.4, -0.2) is 36.6 Å². The molecule has 0 radical (unpaired) electrons. The maximum atomic E-state index is 13.9. The van der Waals surface area contributed by atoms with Gasteiger partial charge in [0.05, 0.1) is 14.2 Å². The van der Waals surface area contributed by atoms with Gasteiger partial charge in [0, 0.05) is 43.8 Å². The third-order valence-electron chi connectivity index (χ3n) is 5.16. The Morgan fingerprint density at radius 2 is 1.90 bits per heavy atom. The number of Topliss-reactive ketones (excluding diaryl/α,β-unsaturated/α-hetero) is 1. The maximum absolute atomic E-state index is 13.9. The smallest absolute Gasteiger partial charge is 0.228 e. The number of ketones is 1. The predicted molar refractivity (Wildman–Crippen MR) is 123 cm³/mol. The minimum absolute atomic E-state index is 0.221. The van der Waals surface area contributed by atoms with Gasteiger partial charge < -0.3 is 18.9 Å². The zero-order chi connectivity index (χ0) is 22.4. The lowest BCUT2D eigenvalue weighted by Gasteiger charge is -2.29. The summed E-state index contributed by atoms with van der Waals surface area (Å²) in [5, 5.41) is 0. The van der Waals surface area contributed by atoms with E-state index in [1.54, 1.807) is 19.4 Å². The molecule has 6 nitrogen and oxygen atoms in total. The minimum Gasteiger partial charge on any atom is -0.497 e. The molecular formula is C25H27N3O3. The number of anilines is 1. The molecule has 6 heteroatoms. The van der Waals surface area contributed by atoms with Crippen LogP contribution in [0, 0.1) is 0 Å². The van der Waals surface area contributed by atoms with Crippen LogP contribution in [0.25, 0.3) is 5.57 Å². The highest BCUT2D eigenvalue weighted by Crippen LogP contribution is 2.32. The highest BCUT2D eigenvalue weighted by atomic mass is 16.5. The number of aromatic nitrogens is 2. The molecule has 0 aliphatic carbocycles. The Labute approximate surface area is 183 Å². The molecule has 0 saturated carbocycles. The van der Waals surface area contributed by atoms with Crippen LogP contribution in [0.4, 0.5) is 5.69 Å². The first-order chi connectivity index (χ1) is 15.0. The van der Waals surface area contributed by atoms with E-state index in [9.17, 15) is 4.79 Å². The standard InChI is InChI=1S/C25H27N3O3/c1-6-21(18-11-8-7-9-12-18)24(31-5)23(29)22(25-26-15-16-27(25)2)28(3)19-13-10-14-20(17-19)30-4/h6-17,22H,1H2,2-5H3/b24-21+. The van der Waals surface area contributed by atoms with Gasteiger partial charge >= 0.3 is 0 Å². The molecular weight excluding hydrogens is 390 g/mol. The molecule has 0 amide bonds. The first kappa shape index (κ1) is 21.9. The number of imidazole rings is 1. The summed E-state index contributed by atoms with van der Waals surface area (Å²) in [7, 11) is 6.84. The number of benzene rings is 2. The first-order valence-electron chi connectivity index (χ1n) is 9.86. The minimum atomic E-state index is -0.722. The second-order valence-corrected chi connectivity index (χ2v) is 6.99. The quantitative estimate of drug-likeness (QED) is 0.293. The summed E-state index contributed by atoms with van der Waals surface area (Å²) in [6, 6.07) is 16.4. The number of hydrogen-bond donors (Lipinski definition) is 0. The molecule has 1 heterocycles. The van der Waals surface area contributed by atoms with Crippen LogP contribution in [0.2, 0.25) is 0 Å². The summed E-state index contributed by atoms with van der Waals surface area (Å²) in [5.41, 5.74) is 2.30. The van der Waals surface area contributed by atoms with Crippen molar-refractivity contribution in [1.29, 1.82) is 0 Å². The van der Waals surface area contributed by atoms with Crippen molar-refractivity contribution in [1.82, 2.24) is 9.55 Å². The topological polar surface area (TPSA) is 56.6 Å². The molecule has 0 saturated heterocycles. The van der Waals surface area contributed by atoms with Gasteiger partial charge in [0.15, 0.2) is 11.8 Å². The van der Waals surface area contributed by atoms with Crippen LogP contribution in [0.5, 0.6) is 5.75 Å². The first-order valence-corrected chi connectivity index (χ1v) is 9.86. The van der Waals surface area contributed by atoms with E-state index in [1.807, 2.05) is 84.4 Å². The second kappa shape index (κ2) is 9.80. The molecule has 3 aromatic rings. The fourth-order valence-corrected chi connectivity index (χ4v) is 3.51. The van der Waals surface area contributed by atoms with Gasteiger partial charge in [-0.1, -0.05) is 49.1 Å². The Balaban J connectivity index is 2.14. The van der Waals surface area contributed by atoms with Crippen LogP contribution >= 0.6 is 0 Å². The summed E-state index contributed by atoms with van der Waals surface area (Å²) < 4.78 is 12.8. The summed E-state index contributed by atoms with van der Waals surface area (Å²) >= 11 is 0. The number of nitrogens with zero attached hydrogens (tertiary/aromatic N) is 3. The molecule has 160 valence electrons. The van der Waals surface area contributed by atoms with Gasteiger partial charge in [-0.3, -0.25) is 4.79 Å². The largest absolute Gasteiger partial charge is 0.497 e. The van der Waals surface area contributed by atoms with Crippen molar-refractivity contribution in [2.24, 2.45) is 7.05 Å². The molecule has 0 aliphatic heterocycles. The lowest BCUT2D eigenvalue weighted by atomic mass is 9.99. The molecule has 2 aromatic carbocycles. The molecule has 0 N–H and O–H groups in total. The molecule has 1 atom stereocenters. The molecule has 31 heavy (non-hydrogen) atoms. The number of methoxy groups -OCH3 is 2. The Bertz CT molecular complexity index is 1090. The van der Waals surface area contributed by atoms with Gasteiger partial charge in [0.25, 0.3) is 0 Å². The maximum Gasteiger partial charge on any atom is 0.228 e. The molecule has 0 fully saturated rings. The fourth-order valence-electron chi connectivity index (χ4n) is 3.51. The van der Waals surface area contributed by atoms with Crippen LogP contribution in [0.15, 0.2) is 85.4 Å². The third kappa shape index (κ3) is 4.53. The highest BCUT2D eigenvalue weighted by molar-refractivity contribution is 6.07. The zero-order valence-electron chi connectivity index (χ0n) is 18.3. The van der Waals surface area contributed by atoms with Crippen molar-refractivity contribution in [3.63, 3.8) is 0 Å². The third-order valence-corrected chi connectivity index (χ3v) is 5.16. The number of carbonyl (C=O) groups is 1. The number of likely N-dealkylation sites (N-methyl/N-ethyl adjacent to an activating group) is 1. The van der Waals surface area contributed by atoms with E-state index in [2.05, 4.69) is 11.6 Å². The molecule has 1 unspecified atom stereocenters. The summed E-state index contributed by atoms with van der Waals surface area (Å²) in [5.74, 6) is 1.31. The molecule has 0 aliphatic rings. The average molecular weight is 418 g/mol. The Morgan fingerprint density at radius 1 is 1.16 bits per heavy atom. The van der Waals surface area contributed by atoms with E-state index in [0.29, 0.717) is 17.1 Å². The van der Waals surface area contributed by atoms with Crippen molar-refractivity contribution in [3.05, 3.63) is 96.8 Å². The summed E-state index contributed by atoms with van der Waals surface area (Å²) in [4.78, 5) is 20.3. The number of rotatable bonds is 9. The fraction of sp³-hybridized carbons (Fsp3) is 0.200. The average Bonchev–Trinajstić information content (AvgIpc) is 3.23. The number of ether oxygens (including phenoxy) is 2. The second-order valence-electron chi connectivity index (χ2n) is 6.99. The van der Waals surface area contributed by atoms with Crippen molar-refractivity contribution in [2.45, 2.75) is 6.04 Å². The Hall–Kier alpha value is -3.80. The van der Waals surface area contributed by atoms with Gasteiger partial charge in [-0.2, -0.15) is 0 Å². The van der Waals surface area contributed by atoms with Crippen LogP contribution in [-0.2, 0) is 16.6 Å². The lowest BCUT2D eigenvalue weighted by Crippen LogP contribution is -2.34. The van der Waals surface area contributed by atoms with E-state index in [0.717, 1.165) is 11.3 Å². The van der Waals surface area contributed by atoms with Gasteiger partial charge in [0.1, 0.15) is 11.6 Å². The summed E-state index contributed by atoms with van der Waals surface area (Å²) in [6.45, 7) is 3.91. The highest BCUT2D eigenvalue weighted by Gasteiger charge is 2.33. The van der Waals surface area contributed by atoms with Crippen LogP contribution in [0.3, 0.4) is 0 Å². The van der Waals surface area contributed by atoms with Gasteiger partial charge in [0.2, 0.25) is 5.78 Å². The molecule has 3 rings (SSSR count). The summed E-state index contributed by atoms with van der Waals surface area (Å²) in [6.07, 6.45) is 5.14. The lowest BCUT2D eigenvalue weighted by molar-refractivity contribution is -0.119. The molecule has 0 spiro atoms. The number of hydrogen-bond acceptors (Lipinski definition) is 5. The number of aryl methyl sites for hydroxylation is 1. The van der Waals surface area contributed by atoms with Gasteiger partial charge in [-0.25, -0.2) is 4.98 Å². The van der Waals surface area contributed by atoms with E-state index in [-0.39, 0.29) is 11.5 Å². The van der Waals surface area contributed by atoms with Crippen molar-refractivity contribution in [3.8, 4) is 5.75 Å². The van der Waals surface area contributed by atoms with Crippen molar-refractivity contribution >= 4 is 17.0 Å². The molecule has 0 bridgehead atoms. The predicted octanol–water partition coefficient (Wildman–Crippen LogP) is 4.42. The van der Waals surface area contributed by atoms with Crippen LogP contribution < -0.4 is 9.64 Å². The van der Waals surface area contributed by atoms with Crippen molar-refractivity contribution in [2.75, 3.05) is 26.2 Å². The monoisotopic (exact) mass is 417 g/mol. The van der Waals surface area contributed by atoms with Gasteiger partial charge in [-0.05, 0) is 17.7 Å². The van der Waals surface area contributed by atoms with Gasteiger partial charge in [-0.15, -0.1) is 0 Å². The normalized spacial score (nSPS) is 12.5. The Kier molecular flexibility index (Phi) is 6.92. The van der Waals surface area contributed by atoms with E-state index in [1.165, 1.54) is 7.11 Å². The van der Waals surface area contributed by atoms with Crippen LogP contribution in [0.1, 0.15) is 17.4 Å².